The van der Waals surface area contributed by atoms with Gasteiger partial charge in [-0.2, -0.15) is 0 Å². The van der Waals surface area contributed by atoms with Crippen molar-refractivity contribution in [2.75, 3.05) is 46.0 Å². The largest absolute Gasteiger partial charge is 0.872 e. The molecule has 240 valence electrons. The van der Waals surface area contributed by atoms with Crippen LogP contribution in [0.1, 0.15) is 139 Å². The molecule has 0 bridgehead atoms. The van der Waals surface area contributed by atoms with Crippen LogP contribution in [-0.4, -0.2) is 76.9 Å². The molecule has 0 unspecified atom stereocenters. The molecule has 0 radical (unpaired) electrons. The molecule has 0 aliphatic rings. The summed E-state index contributed by atoms with van der Waals surface area (Å²) in [5.74, 6) is -1.62. The molecule has 1 rings (SSSR count). The van der Waals surface area contributed by atoms with E-state index in [-0.39, 0.29) is 25.4 Å². The summed E-state index contributed by atoms with van der Waals surface area (Å²) in [6, 6.07) is 5.54. The Morgan fingerprint density at radius 1 is 0.585 bits per heavy atom. The summed E-state index contributed by atoms with van der Waals surface area (Å²) in [5, 5.41) is 46.9. The van der Waals surface area contributed by atoms with Crippen LogP contribution in [0.2, 0.25) is 0 Å². The summed E-state index contributed by atoms with van der Waals surface area (Å²) in [4.78, 5) is 10.2. The molecule has 0 saturated heterocycles. The second kappa shape index (κ2) is 28.4. The highest BCUT2D eigenvalue weighted by Crippen LogP contribution is 2.17. The van der Waals surface area contributed by atoms with Crippen molar-refractivity contribution in [2.24, 2.45) is 0 Å². The van der Waals surface area contributed by atoms with Gasteiger partial charge in [0.05, 0.1) is 31.7 Å². The number of nitrogens with zero attached hydrogens (tertiary/aromatic N) is 1. The molecule has 0 aliphatic carbocycles. The van der Waals surface area contributed by atoms with Crippen LogP contribution < -0.4 is 5.11 Å². The van der Waals surface area contributed by atoms with Crippen LogP contribution >= 0.6 is 0 Å². The lowest BCUT2D eigenvalue weighted by molar-refractivity contribution is -0.929. The molecule has 41 heavy (non-hydrogen) atoms. The fraction of sp³-hybridized carbons (Fsp3) is 0.794. The van der Waals surface area contributed by atoms with Crippen molar-refractivity contribution in [1.29, 1.82) is 0 Å². The number of aliphatic hydroxyl groups is 3. The highest BCUT2D eigenvalue weighted by molar-refractivity contribution is 5.90. The summed E-state index contributed by atoms with van der Waals surface area (Å²) in [7, 11) is 0. The topological polar surface area (TPSA) is 121 Å². The van der Waals surface area contributed by atoms with E-state index in [9.17, 15) is 25.2 Å². The molecular weight excluding hydrogens is 518 g/mol. The Balaban J connectivity index is 0.00000133. The zero-order valence-electron chi connectivity index (χ0n) is 26.2. The first-order chi connectivity index (χ1) is 20.0. The molecule has 1 aromatic carbocycles. The van der Waals surface area contributed by atoms with Crippen LogP contribution in [-0.2, 0) is 0 Å². The van der Waals surface area contributed by atoms with Gasteiger partial charge in [-0.15, -0.1) is 0 Å². The monoisotopic (exact) mass is 581 g/mol. The Labute approximate surface area is 251 Å². The van der Waals surface area contributed by atoms with Crippen molar-refractivity contribution in [2.45, 2.75) is 129 Å². The van der Waals surface area contributed by atoms with E-state index in [1.165, 1.54) is 127 Å². The average molecular weight is 582 g/mol. The summed E-state index contributed by atoms with van der Waals surface area (Å²) in [6.45, 7) is 7.01. The fourth-order valence-corrected chi connectivity index (χ4v) is 5.53. The average Bonchev–Trinajstić information content (AvgIpc) is 2.98. The minimum absolute atomic E-state index is 0.178. The van der Waals surface area contributed by atoms with Gasteiger partial charge in [0, 0.05) is 39.1 Å². The van der Waals surface area contributed by atoms with E-state index in [4.69, 9.17) is 5.11 Å². The first-order valence-corrected chi connectivity index (χ1v) is 16.6. The summed E-state index contributed by atoms with van der Waals surface area (Å²) in [5.41, 5.74) is -0.178. The van der Waals surface area contributed by atoms with Crippen LogP contribution in [0.5, 0.6) is 5.75 Å². The summed E-state index contributed by atoms with van der Waals surface area (Å²) >= 11 is 0. The van der Waals surface area contributed by atoms with Crippen LogP contribution in [0.25, 0.3) is 0 Å². The first-order valence-electron chi connectivity index (χ1n) is 16.6. The number of unbranched alkanes of at least 4 members (excludes halogenated alkanes) is 15. The standard InChI is InChI=1S/C27H58NO3.C7H6O3/c1-2-3-4-5-6-7-8-9-10-11-12-13-14-15-16-17-21-28(22-18-25-29,23-19-26-30)24-20-27-31;8-6-4-2-1-3-5(6)7(9)10/h29-31H,2-27H2,1H3;1-4,8H,(H,9,10)/q+1;/p-1. The van der Waals surface area contributed by atoms with Gasteiger partial charge < -0.3 is 30.0 Å². The molecular formula is C34H63NO6. The number of rotatable bonds is 27. The molecule has 0 amide bonds. The third-order valence-corrected chi connectivity index (χ3v) is 7.98. The molecule has 7 heteroatoms. The molecule has 0 fully saturated rings. The molecule has 0 spiro atoms. The van der Waals surface area contributed by atoms with Crippen LogP contribution in [0.4, 0.5) is 0 Å². The summed E-state index contributed by atoms with van der Waals surface area (Å²) in [6.07, 6.45) is 24.7. The van der Waals surface area contributed by atoms with Crippen molar-refractivity contribution in [3.05, 3.63) is 29.8 Å². The van der Waals surface area contributed by atoms with E-state index in [0.717, 1.165) is 49.9 Å². The van der Waals surface area contributed by atoms with E-state index in [2.05, 4.69) is 6.92 Å². The number of carboxylic acids is 1. The third kappa shape index (κ3) is 22.6. The van der Waals surface area contributed by atoms with E-state index in [0.29, 0.717) is 0 Å². The van der Waals surface area contributed by atoms with Crippen LogP contribution in [0, 0.1) is 0 Å². The molecule has 0 saturated carbocycles. The number of para-hydroxylation sites is 1. The van der Waals surface area contributed by atoms with Gasteiger partial charge in [-0.05, 0) is 18.9 Å². The van der Waals surface area contributed by atoms with Gasteiger partial charge in [-0.3, -0.25) is 0 Å². The minimum Gasteiger partial charge on any atom is -0.872 e. The Kier molecular flexibility index (Phi) is 27.3. The second-order valence-electron chi connectivity index (χ2n) is 11.6. The molecule has 4 N–H and O–H groups in total. The van der Waals surface area contributed by atoms with Crippen molar-refractivity contribution < 1.29 is 34.8 Å². The molecule has 7 nitrogen and oxygen atoms in total. The maximum absolute atomic E-state index is 10.7. The zero-order chi connectivity index (χ0) is 30.4. The van der Waals surface area contributed by atoms with Gasteiger partial charge in [-0.1, -0.05) is 121 Å². The quantitative estimate of drug-likeness (QED) is 0.0680. The number of aliphatic hydroxyl groups excluding tert-OH is 3. The number of benzene rings is 1. The predicted molar refractivity (Wildman–Crippen MR) is 167 cm³/mol. The van der Waals surface area contributed by atoms with Crippen molar-refractivity contribution >= 4 is 5.97 Å². The number of aromatic carboxylic acids is 1. The van der Waals surface area contributed by atoms with E-state index in [1.807, 2.05) is 0 Å². The SMILES string of the molecule is CCCCCCCCCCCCCCCCCC[N+](CCCO)(CCCO)CCCO.O=C(O)c1ccccc1[O-]. The first kappa shape index (κ1) is 39.3. The maximum atomic E-state index is 10.7. The number of carboxylic acid groups (broad SMARTS) is 1. The van der Waals surface area contributed by atoms with E-state index >= 15 is 0 Å². The molecule has 1 aromatic rings. The van der Waals surface area contributed by atoms with Gasteiger partial charge in [0.1, 0.15) is 0 Å². The van der Waals surface area contributed by atoms with Crippen molar-refractivity contribution in [3.63, 3.8) is 0 Å². The van der Waals surface area contributed by atoms with Crippen molar-refractivity contribution in [1.82, 2.24) is 0 Å². The van der Waals surface area contributed by atoms with E-state index < -0.39 is 11.7 Å². The molecule has 0 atom stereocenters. The highest BCUT2D eigenvalue weighted by Gasteiger charge is 2.25. The number of carbonyl (C=O) groups is 1. The minimum atomic E-state index is -1.18. The second-order valence-corrected chi connectivity index (χ2v) is 11.6. The lowest BCUT2D eigenvalue weighted by Gasteiger charge is -2.39. The molecule has 0 aliphatic heterocycles. The lowest BCUT2D eigenvalue weighted by Crippen LogP contribution is -2.51. The van der Waals surface area contributed by atoms with Gasteiger partial charge >= 0.3 is 5.97 Å². The normalized spacial score (nSPS) is 11.3. The Morgan fingerprint density at radius 3 is 1.24 bits per heavy atom. The van der Waals surface area contributed by atoms with Gasteiger partial charge in [0.15, 0.2) is 0 Å². The smallest absolute Gasteiger partial charge is 0.335 e. The maximum Gasteiger partial charge on any atom is 0.335 e. The predicted octanol–water partition coefficient (Wildman–Crippen LogP) is 6.67. The number of hydrogen-bond acceptors (Lipinski definition) is 5. The Hall–Kier alpha value is -1.67. The number of hydrogen-bond donors (Lipinski definition) is 4. The van der Waals surface area contributed by atoms with E-state index in [1.54, 1.807) is 0 Å². The van der Waals surface area contributed by atoms with Crippen LogP contribution in [0.3, 0.4) is 0 Å². The van der Waals surface area contributed by atoms with Gasteiger partial charge in [0.2, 0.25) is 0 Å². The highest BCUT2D eigenvalue weighted by atomic mass is 16.4. The Morgan fingerprint density at radius 2 is 0.927 bits per heavy atom. The summed E-state index contributed by atoms with van der Waals surface area (Å²) < 4.78 is 0.959. The number of quaternary nitrogens is 1. The van der Waals surface area contributed by atoms with Gasteiger partial charge in [-0.25, -0.2) is 4.79 Å². The third-order valence-electron chi connectivity index (χ3n) is 7.98. The fourth-order valence-electron chi connectivity index (χ4n) is 5.53. The van der Waals surface area contributed by atoms with Crippen molar-refractivity contribution in [3.8, 4) is 5.75 Å². The van der Waals surface area contributed by atoms with Crippen LogP contribution in [0.15, 0.2) is 24.3 Å². The van der Waals surface area contributed by atoms with Gasteiger partial charge in [0.25, 0.3) is 0 Å². The molecule has 0 heterocycles. The zero-order valence-corrected chi connectivity index (χ0v) is 26.2. The molecule has 0 aromatic heterocycles. The lowest BCUT2D eigenvalue weighted by atomic mass is 10.0. The Bertz CT molecular complexity index is 692.